The van der Waals surface area contributed by atoms with Crippen molar-refractivity contribution in [2.45, 2.75) is 13.2 Å². The minimum absolute atomic E-state index is 0.202. The van der Waals surface area contributed by atoms with Crippen molar-refractivity contribution >= 4 is 8.09 Å². The molecule has 0 saturated carbocycles. The SMILES string of the molecule is [O-][P+]1(Oc2ccccc2)Oc2cccnc2CN1OCc1ccccc1. The number of nitrogens with zero attached hydrogens (tertiary/aromatic N) is 2. The number of hydrogen-bond acceptors (Lipinski definition) is 6. The summed E-state index contributed by atoms with van der Waals surface area (Å²) in [4.78, 5) is 24.8. The molecule has 7 heteroatoms. The van der Waals surface area contributed by atoms with Crippen LogP contribution in [0, 0.1) is 0 Å². The number of pyridine rings is 1. The van der Waals surface area contributed by atoms with E-state index in [9.17, 15) is 4.89 Å². The highest BCUT2D eigenvalue weighted by atomic mass is 31.2. The van der Waals surface area contributed by atoms with E-state index in [1.54, 1.807) is 42.6 Å². The van der Waals surface area contributed by atoms with Gasteiger partial charge < -0.3 is 4.89 Å². The van der Waals surface area contributed by atoms with Crippen molar-refractivity contribution in [3.05, 3.63) is 90.3 Å². The molecule has 2 heterocycles. The Labute approximate surface area is 152 Å². The zero-order valence-corrected chi connectivity index (χ0v) is 14.8. The summed E-state index contributed by atoms with van der Waals surface area (Å²) in [5.41, 5.74) is 1.59. The molecule has 1 atom stereocenters. The van der Waals surface area contributed by atoms with Crippen LogP contribution in [-0.2, 0) is 18.0 Å². The van der Waals surface area contributed by atoms with Gasteiger partial charge in [0, 0.05) is 11.0 Å². The van der Waals surface area contributed by atoms with Crippen LogP contribution in [-0.4, -0.2) is 9.82 Å². The van der Waals surface area contributed by atoms with Crippen LogP contribution in [0.15, 0.2) is 79.0 Å². The van der Waals surface area contributed by atoms with Crippen molar-refractivity contribution in [2.75, 3.05) is 0 Å². The molecule has 132 valence electrons. The highest BCUT2D eigenvalue weighted by Crippen LogP contribution is 2.59. The summed E-state index contributed by atoms with van der Waals surface area (Å²) >= 11 is 0. The zero-order valence-electron chi connectivity index (χ0n) is 13.9. The van der Waals surface area contributed by atoms with Gasteiger partial charge in [0.15, 0.2) is 5.75 Å². The van der Waals surface area contributed by atoms with Gasteiger partial charge in [-0.1, -0.05) is 48.5 Å². The van der Waals surface area contributed by atoms with Gasteiger partial charge in [0.25, 0.3) is 0 Å². The molecule has 0 aliphatic carbocycles. The second-order valence-corrected chi connectivity index (χ2v) is 7.43. The lowest BCUT2D eigenvalue weighted by Crippen LogP contribution is -2.40. The first kappa shape index (κ1) is 16.9. The monoisotopic (exact) mass is 368 g/mol. The molecule has 0 spiro atoms. The Balaban J connectivity index is 1.59. The number of para-hydroxylation sites is 1. The van der Waals surface area contributed by atoms with Crippen LogP contribution in [0.2, 0.25) is 0 Å². The van der Waals surface area contributed by atoms with Crippen LogP contribution >= 0.6 is 8.09 Å². The number of rotatable bonds is 5. The van der Waals surface area contributed by atoms with E-state index in [1.807, 2.05) is 36.4 Å². The van der Waals surface area contributed by atoms with E-state index in [4.69, 9.17) is 13.9 Å². The number of hydrogen-bond donors (Lipinski definition) is 0. The van der Waals surface area contributed by atoms with Crippen molar-refractivity contribution < 1.29 is 18.8 Å². The molecular formula is C19H17N2O4P. The fourth-order valence-electron chi connectivity index (χ4n) is 2.53. The molecule has 0 radical (unpaired) electrons. The van der Waals surface area contributed by atoms with Crippen LogP contribution in [0.4, 0.5) is 0 Å². The fraction of sp³-hybridized carbons (Fsp3) is 0.105. The average Bonchev–Trinajstić information content (AvgIpc) is 2.68. The number of aromatic nitrogens is 1. The predicted molar refractivity (Wildman–Crippen MR) is 95.6 cm³/mol. The highest BCUT2D eigenvalue weighted by molar-refractivity contribution is 7.57. The number of hydroxylamine groups is 1. The van der Waals surface area contributed by atoms with E-state index in [2.05, 4.69) is 4.98 Å². The van der Waals surface area contributed by atoms with Crippen LogP contribution < -0.4 is 13.9 Å². The maximum atomic E-state index is 13.4. The highest BCUT2D eigenvalue weighted by Gasteiger charge is 2.49. The third-order valence-electron chi connectivity index (χ3n) is 3.81. The maximum Gasteiger partial charge on any atom is 0.435 e. The van der Waals surface area contributed by atoms with Crippen LogP contribution in [0.1, 0.15) is 11.3 Å². The van der Waals surface area contributed by atoms with E-state index < -0.39 is 8.09 Å². The van der Waals surface area contributed by atoms with Gasteiger partial charge in [-0.25, -0.2) is 0 Å². The molecule has 3 aromatic rings. The molecule has 1 unspecified atom stereocenters. The lowest BCUT2D eigenvalue weighted by Gasteiger charge is -2.37. The van der Waals surface area contributed by atoms with Crippen LogP contribution in [0.5, 0.6) is 11.5 Å². The Kier molecular flexibility index (Phi) is 4.82. The minimum Gasteiger partial charge on any atom is -0.599 e. The molecule has 0 amide bonds. The maximum absolute atomic E-state index is 13.4. The van der Waals surface area contributed by atoms with Gasteiger partial charge in [0.2, 0.25) is 5.75 Å². The molecule has 1 aliphatic heterocycles. The lowest BCUT2D eigenvalue weighted by atomic mass is 10.2. The largest absolute Gasteiger partial charge is 0.599 e. The van der Waals surface area contributed by atoms with Crippen LogP contribution in [0.25, 0.3) is 0 Å². The third kappa shape index (κ3) is 3.69. The summed E-state index contributed by atoms with van der Waals surface area (Å²) in [6.07, 6.45) is 1.66. The molecule has 1 aliphatic rings. The summed E-state index contributed by atoms with van der Waals surface area (Å²) in [7, 11) is -3.74. The van der Waals surface area contributed by atoms with Gasteiger partial charge in [0.05, 0.1) is 6.61 Å². The molecule has 2 aromatic carbocycles. The van der Waals surface area contributed by atoms with Crippen molar-refractivity contribution in [3.63, 3.8) is 0 Å². The molecule has 0 N–H and O–H groups in total. The summed E-state index contributed by atoms with van der Waals surface area (Å²) in [6, 6.07) is 22.0. The van der Waals surface area contributed by atoms with E-state index in [1.165, 1.54) is 4.83 Å². The predicted octanol–water partition coefficient (Wildman–Crippen LogP) is 3.52. The Morgan fingerprint density at radius 1 is 1.00 bits per heavy atom. The molecule has 0 saturated heterocycles. The second kappa shape index (κ2) is 7.40. The first-order valence-electron chi connectivity index (χ1n) is 8.16. The average molecular weight is 368 g/mol. The lowest BCUT2D eigenvalue weighted by molar-refractivity contribution is -0.261. The fourth-order valence-corrected chi connectivity index (χ4v) is 4.06. The molecule has 6 nitrogen and oxygen atoms in total. The van der Waals surface area contributed by atoms with E-state index >= 15 is 0 Å². The molecule has 0 fully saturated rings. The Morgan fingerprint density at radius 2 is 1.73 bits per heavy atom. The molecule has 1 aromatic heterocycles. The topological polar surface area (TPSA) is 66.9 Å². The third-order valence-corrected chi connectivity index (χ3v) is 5.48. The molecule has 0 bridgehead atoms. The second-order valence-electron chi connectivity index (χ2n) is 5.68. The standard InChI is InChI=1S/C19H17N2O4P/c22-26(24-17-10-5-2-6-11-17)21(23-15-16-8-3-1-4-9-16)14-18-19(25-26)12-7-13-20-18/h1-13H,14-15H2. The Bertz CT molecular complexity index is 866. The number of fused-ring (bicyclic) bond motifs is 1. The smallest absolute Gasteiger partial charge is 0.435 e. The van der Waals surface area contributed by atoms with Gasteiger partial charge in [-0.2, -0.15) is 0 Å². The molecule has 26 heavy (non-hydrogen) atoms. The number of benzene rings is 2. The van der Waals surface area contributed by atoms with Crippen molar-refractivity contribution in [1.82, 2.24) is 9.82 Å². The normalized spacial score (nSPS) is 19.4. The minimum atomic E-state index is -3.74. The van der Waals surface area contributed by atoms with E-state index in [-0.39, 0.29) is 13.2 Å². The van der Waals surface area contributed by atoms with Gasteiger partial charge >= 0.3 is 8.09 Å². The van der Waals surface area contributed by atoms with Gasteiger partial charge in [-0.3, -0.25) is 18.9 Å². The Hall–Kier alpha value is -2.50. The van der Waals surface area contributed by atoms with Crippen molar-refractivity contribution in [2.24, 2.45) is 0 Å². The van der Waals surface area contributed by atoms with Gasteiger partial charge in [-0.05, 0) is 29.8 Å². The molecular weight excluding hydrogens is 351 g/mol. The van der Waals surface area contributed by atoms with Gasteiger partial charge in [-0.15, -0.1) is 0 Å². The van der Waals surface area contributed by atoms with E-state index in [0.29, 0.717) is 17.2 Å². The van der Waals surface area contributed by atoms with E-state index in [0.717, 1.165) is 5.56 Å². The summed E-state index contributed by atoms with van der Waals surface area (Å²) < 4.78 is 11.4. The quantitative estimate of drug-likeness (QED) is 0.642. The van der Waals surface area contributed by atoms with Crippen molar-refractivity contribution in [3.8, 4) is 11.5 Å². The first-order chi connectivity index (χ1) is 12.7. The van der Waals surface area contributed by atoms with Crippen molar-refractivity contribution in [1.29, 1.82) is 0 Å². The summed E-state index contributed by atoms with van der Waals surface area (Å²) in [6.45, 7) is 0.446. The zero-order chi connectivity index (χ0) is 17.8. The molecule has 4 rings (SSSR count). The Morgan fingerprint density at radius 3 is 2.50 bits per heavy atom. The summed E-state index contributed by atoms with van der Waals surface area (Å²) in [5.74, 6) is 0.878. The van der Waals surface area contributed by atoms with Gasteiger partial charge in [0.1, 0.15) is 12.2 Å². The van der Waals surface area contributed by atoms with Crippen LogP contribution in [0.3, 0.4) is 0 Å². The first-order valence-corrected chi connectivity index (χ1v) is 9.65. The summed E-state index contributed by atoms with van der Waals surface area (Å²) in [5, 5.41) is 0.